The molecule has 1 atom stereocenters. The zero-order valence-corrected chi connectivity index (χ0v) is 11.7. The first kappa shape index (κ1) is 13.6. The summed E-state index contributed by atoms with van der Waals surface area (Å²) in [5.41, 5.74) is 1.02. The molecule has 6 heteroatoms. The van der Waals surface area contributed by atoms with Crippen LogP contribution in [0.15, 0.2) is 12.4 Å². The van der Waals surface area contributed by atoms with E-state index in [1.807, 2.05) is 27.0 Å². The van der Waals surface area contributed by atoms with Gasteiger partial charge in [-0.1, -0.05) is 0 Å². The Bertz CT molecular complexity index is 483. The van der Waals surface area contributed by atoms with E-state index in [1.165, 1.54) is 0 Å². The second kappa shape index (κ2) is 5.42. The van der Waals surface area contributed by atoms with Crippen molar-refractivity contribution >= 4 is 11.8 Å². The minimum Gasteiger partial charge on any atom is -0.340 e. The first-order valence-corrected chi connectivity index (χ1v) is 6.60. The summed E-state index contributed by atoms with van der Waals surface area (Å²) in [5, 5.41) is 4.16. The van der Waals surface area contributed by atoms with E-state index < -0.39 is 0 Å². The van der Waals surface area contributed by atoms with Crippen LogP contribution in [0, 0.1) is 6.92 Å². The van der Waals surface area contributed by atoms with Gasteiger partial charge in [-0.3, -0.25) is 14.3 Å². The highest BCUT2D eigenvalue weighted by Gasteiger charge is 2.29. The van der Waals surface area contributed by atoms with Crippen molar-refractivity contribution in [3.8, 4) is 0 Å². The molecule has 1 aliphatic rings. The second-order valence-electron chi connectivity index (χ2n) is 4.91. The smallest absolute Gasteiger partial charge is 0.247 e. The standard InChI is InChI=1S/C13H20N4O2/c1-4-15-5-6-16(9-12(15)18)13(19)11(3)17-8-10(2)7-14-17/h7-8,11H,4-6,9H2,1-3H3/t11-/m0/s1. The lowest BCUT2D eigenvalue weighted by molar-refractivity contribution is -0.146. The Balaban J connectivity index is 2.02. The van der Waals surface area contributed by atoms with E-state index in [4.69, 9.17) is 0 Å². The van der Waals surface area contributed by atoms with E-state index in [0.717, 1.165) is 5.56 Å². The second-order valence-corrected chi connectivity index (χ2v) is 4.91. The monoisotopic (exact) mass is 264 g/mol. The maximum Gasteiger partial charge on any atom is 0.247 e. The van der Waals surface area contributed by atoms with Crippen molar-refractivity contribution in [3.05, 3.63) is 18.0 Å². The molecule has 1 saturated heterocycles. The normalized spacial score (nSPS) is 17.7. The van der Waals surface area contributed by atoms with E-state index in [1.54, 1.807) is 20.7 Å². The van der Waals surface area contributed by atoms with E-state index >= 15 is 0 Å². The number of rotatable bonds is 3. The number of hydrogen-bond acceptors (Lipinski definition) is 3. The molecule has 2 amide bonds. The number of carbonyl (C=O) groups excluding carboxylic acids is 2. The summed E-state index contributed by atoms with van der Waals surface area (Å²) in [6, 6.07) is -0.366. The van der Waals surface area contributed by atoms with Crippen LogP contribution in [0.2, 0.25) is 0 Å². The van der Waals surface area contributed by atoms with Crippen LogP contribution in [0.3, 0.4) is 0 Å². The van der Waals surface area contributed by atoms with Gasteiger partial charge in [-0.15, -0.1) is 0 Å². The molecule has 19 heavy (non-hydrogen) atoms. The summed E-state index contributed by atoms with van der Waals surface area (Å²) in [6.07, 6.45) is 3.57. The fourth-order valence-corrected chi connectivity index (χ4v) is 2.25. The molecule has 0 unspecified atom stereocenters. The van der Waals surface area contributed by atoms with Gasteiger partial charge >= 0.3 is 0 Å². The van der Waals surface area contributed by atoms with Gasteiger partial charge in [0.15, 0.2) is 0 Å². The number of likely N-dealkylation sites (N-methyl/N-ethyl adjacent to an activating group) is 1. The van der Waals surface area contributed by atoms with E-state index in [0.29, 0.717) is 19.6 Å². The Hall–Kier alpha value is -1.85. The summed E-state index contributed by atoms with van der Waals surface area (Å²) in [5.74, 6) is -0.0295. The number of piperazine rings is 1. The summed E-state index contributed by atoms with van der Waals surface area (Å²) >= 11 is 0. The third-order valence-electron chi connectivity index (χ3n) is 3.50. The molecule has 1 aromatic heterocycles. The van der Waals surface area contributed by atoms with Gasteiger partial charge < -0.3 is 9.80 Å². The van der Waals surface area contributed by atoms with Gasteiger partial charge in [-0.25, -0.2) is 0 Å². The molecule has 2 heterocycles. The molecule has 0 aliphatic carbocycles. The molecule has 2 rings (SSSR count). The maximum atomic E-state index is 12.3. The maximum absolute atomic E-state index is 12.3. The van der Waals surface area contributed by atoms with Crippen molar-refractivity contribution < 1.29 is 9.59 Å². The van der Waals surface area contributed by atoms with Crippen molar-refractivity contribution in [2.75, 3.05) is 26.2 Å². The van der Waals surface area contributed by atoms with Crippen LogP contribution in [0.1, 0.15) is 25.5 Å². The van der Waals surface area contributed by atoms with Crippen molar-refractivity contribution in [2.24, 2.45) is 0 Å². The Morgan fingerprint density at radius 2 is 2.21 bits per heavy atom. The highest BCUT2D eigenvalue weighted by atomic mass is 16.2. The van der Waals surface area contributed by atoms with Gasteiger partial charge in [0.25, 0.3) is 0 Å². The van der Waals surface area contributed by atoms with Crippen LogP contribution < -0.4 is 0 Å². The molecule has 1 fully saturated rings. The molecular weight excluding hydrogens is 244 g/mol. The van der Waals surface area contributed by atoms with Gasteiger partial charge in [0, 0.05) is 25.8 Å². The summed E-state index contributed by atoms with van der Waals surface area (Å²) in [7, 11) is 0. The van der Waals surface area contributed by atoms with Crippen molar-refractivity contribution in [2.45, 2.75) is 26.8 Å². The van der Waals surface area contributed by atoms with E-state index in [-0.39, 0.29) is 24.4 Å². The zero-order valence-electron chi connectivity index (χ0n) is 11.7. The number of nitrogens with zero attached hydrogens (tertiary/aromatic N) is 4. The highest BCUT2D eigenvalue weighted by molar-refractivity contribution is 5.87. The molecule has 104 valence electrons. The molecule has 0 bridgehead atoms. The van der Waals surface area contributed by atoms with Crippen LogP contribution in [0.4, 0.5) is 0 Å². The molecule has 0 radical (unpaired) electrons. The largest absolute Gasteiger partial charge is 0.340 e. The highest BCUT2D eigenvalue weighted by Crippen LogP contribution is 2.13. The quantitative estimate of drug-likeness (QED) is 0.796. The Kier molecular flexibility index (Phi) is 3.87. The fourth-order valence-electron chi connectivity index (χ4n) is 2.25. The lowest BCUT2D eigenvalue weighted by atomic mass is 10.2. The van der Waals surface area contributed by atoms with Gasteiger partial charge in [0.05, 0.1) is 12.7 Å². The number of amides is 2. The van der Waals surface area contributed by atoms with Crippen molar-refractivity contribution in [3.63, 3.8) is 0 Å². The first-order valence-electron chi connectivity index (χ1n) is 6.60. The fraction of sp³-hybridized carbons (Fsp3) is 0.615. The summed E-state index contributed by atoms with van der Waals surface area (Å²) < 4.78 is 1.65. The molecule has 0 spiro atoms. The molecule has 0 saturated carbocycles. The third-order valence-corrected chi connectivity index (χ3v) is 3.50. The zero-order chi connectivity index (χ0) is 14.0. The minimum atomic E-state index is -0.366. The minimum absolute atomic E-state index is 0.0194. The van der Waals surface area contributed by atoms with Crippen LogP contribution in [0.25, 0.3) is 0 Å². The van der Waals surface area contributed by atoms with Gasteiger partial charge in [-0.2, -0.15) is 5.10 Å². The average Bonchev–Trinajstić information content (AvgIpc) is 2.83. The summed E-state index contributed by atoms with van der Waals surface area (Å²) in [6.45, 7) is 7.79. The predicted molar refractivity (Wildman–Crippen MR) is 70.5 cm³/mol. The van der Waals surface area contributed by atoms with Gasteiger partial charge in [-0.05, 0) is 26.3 Å². The predicted octanol–water partition coefficient (Wildman–Crippen LogP) is 0.443. The van der Waals surface area contributed by atoms with Crippen molar-refractivity contribution in [1.82, 2.24) is 19.6 Å². The van der Waals surface area contributed by atoms with Crippen molar-refractivity contribution in [1.29, 1.82) is 0 Å². The van der Waals surface area contributed by atoms with Crippen LogP contribution >= 0.6 is 0 Å². The average molecular weight is 264 g/mol. The third kappa shape index (κ3) is 2.77. The first-order chi connectivity index (χ1) is 9.02. The van der Waals surface area contributed by atoms with Crippen LogP contribution in [0.5, 0.6) is 0 Å². The van der Waals surface area contributed by atoms with Gasteiger partial charge in [0.2, 0.25) is 11.8 Å². The summed E-state index contributed by atoms with van der Waals surface area (Å²) in [4.78, 5) is 27.5. The van der Waals surface area contributed by atoms with Gasteiger partial charge in [0.1, 0.15) is 6.04 Å². The molecular formula is C13H20N4O2. The number of aryl methyl sites for hydroxylation is 1. The Morgan fingerprint density at radius 3 is 2.74 bits per heavy atom. The molecule has 1 aliphatic heterocycles. The van der Waals surface area contributed by atoms with E-state index in [2.05, 4.69) is 5.10 Å². The molecule has 0 aromatic carbocycles. The molecule has 0 N–H and O–H groups in total. The SMILES string of the molecule is CCN1CCN(C(=O)[C@H](C)n2cc(C)cn2)CC1=O. The molecule has 1 aromatic rings. The lowest BCUT2D eigenvalue weighted by Crippen LogP contribution is -2.53. The number of hydrogen-bond donors (Lipinski definition) is 0. The number of carbonyl (C=O) groups is 2. The molecule has 6 nitrogen and oxygen atoms in total. The Morgan fingerprint density at radius 1 is 1.47 bits per heavy atom. The van der Waals surface area contributed by atoms with Crippen LogP contribution in [-0.4, -0.2) is 57.6 Å². The Labute approximate surface area is 113 Å². The lowest BCUT2D eigenvalue weighted by Gasteiger charge is -2.34. The number of aromatic nitrogens is 2. The van der Waals surface area contributed by atoms with E-state index in [9.17, 15) is 9.59 Å². The topological polar surface area (TPSA) is 58.4 Å². The van der Waals surface area contributed by atoms with Crippen LogP contribution in [-0.2, 0) is 9.59 Å².